The van der Waals surface area contributed by atoms with E-state index in [0.717, 1.165) is 24.0 Å². The molecule has 2 unspecified atom stereocenters. The van der Waals surface area contributed by atoms with Crippen molar-refractivity contribution in [2.24, 2.45) is 11.3 Å². The second-order valence-electron chi connectivity index (χ2n) is 5.97. The highest BCUT2D eigenvalue weighted by molar-refractivity contribution is 6.07. The molecule has 0 heterocycles. The van der Waals surface area contributed by atoms with Gasteiger partial charge in [-0.3, -0.25) is 4.79 Å². The van der Waals surface area contributed by atoms with Gasteiger partial charge in [0, 0.05) is 11.0 Å². The number of carbonyl (C=O) groups is 1. The molecule has 1 saturated carbocycles. The fourth-order valence-electron chi connectivity index (χ4n) is 3.42. The van der Waals surface area contributed by atoms with Gasteiger partial charge in [-0.25, -0.2) is 0 Å². The van der Waals surface area contributed by atoms with Crippen molar-refractivity contribution in [3.8, 4) is 0 Å². The summed E-state index contributed by atoms with van der Waals surface area (Å²) in [5.74, 6) is 0.783. The Morgan fingerprint density at radius 3 is 2.79 bits per heavy atom. The van der Waals surface area contributed by atoms with Gasteiger partial charge in [-0.05, 0) is 30.4 Å². The summed E-state index contributed by atoms with van der Waals surface area (Å²) >= 11 is 0. The molecule has 0 N–H and O–H groups in total. The number of allylic oxidation sites excluding steroid dienone is 3. The number of ketones is 1. The van der Waals surface area contributed by atoms with E-state index >= 15 is 0 Å². The second-order valence-corrected chi connectivity index (χ2v) is 5.97. The number of Topliss-reactive ketones (excluding diaryl/α,β-unsaturated/α-hetero) is 1. The summed E-state index contributed by atoms with van der Waals surface area (Å²) in [7, 11) is 0. The van der Waals surface area contributed by atoms with Crippen LogP contribution >= 0.6 is 0 Å². The molecule has 2 aliphatic carbocycles. The topological polar surface area (TPSA) is 17.1 Å². The highest BCUT2D eigenvalue weighted by atomic mass is 16.1. The van der Waals surface area contributed by atoms with E-state index in [4.69, 9.17) is 0 Å². The van der Waals surface area contributed by atoms with Gasteiger partial charge in [0.05, 0.1) is 0 Å². The fourth-order valence-corrected chi connectivity index (χ4v) is 3.42. The fraction of sp³-hybridized carbons (Fsp3) is 0.389. The lowest BCUT2D eigenvalue weighted by Gasteiger charge is -2.41. The van der Waals surface area contributed by atoms with Crippen LogP contribution in [0.2, 0.25) is 0 Å². The van der Waals surface area contributed by atoms with Crippen LogP contribution in [0.15, 0.2) is 48.1 Å². The maximum atomic E-state index is 12.8. The molecule has 3 rings (SSSR count). The van der Waals surface area contributed by atoms with Crippen LogP contribution in [0.3, 0.4) is 0 Å². The molecule has 19 heavy (non-hydrogen) atoms. The number of hydrogen-bond acceptors (Lipinski definition) is 1. The standard InChI is InChI=1S/C18H20O/c1-18-12-6-5-9-16(18)11-10-15(17(18)19)13-14-7-3-2-4-8-14/h2-4,7-8,10-11,13,16H,5-6,9,12H2,1H3/b15-13+. The van der Waals surface area contributed by atoms with Gasteiger partial charge in [0.1, 0.15) is 0 Å². The third kappa shape index (κ3) is 2.18. The van der Waals surface area contributed by atoms with Gasteiger partial charge in [-0.1, -0.05) is 62.2 Å². The van der Waals surface area contributed by atoms with Crippen LogP contribution in [0.4, 0.5) is 0 Å². The van der Waals surface area contributed by atoms with E-state index in [2.05, 4.69) is 13.0 Å². The molecule has 1 fully saturated rings. The van der Waals surface area contributed by atoms with Gasteiger partial charge in [0.25, 0.3) is 0 Å². The highest BCUT2D eigenvalue weighted by Crippen LogP contribution is 2.46. The first-order chi connectivity index (χ1) is 9.20. The molecule has 0 amide bonds. The Hall–Kier alpha value is -1.63. The van der Waals surface area contributed by atoms with Crippen molar-refractivity contribution in [2.45, 2.75) is 32.6 Å². The van der Waals surface area contributed by atoms with E-state index in [0.29, 0.717) is 11.7 Å². The zero-order valence-electron chi connectivity index (χ0n) is 11.4. The maximum Gasteiger partial charge on any atom is 0.169 e. The Balaban J connectivity index is 1.97. The van der Waals surface area contributed by atoms with Crippen molar-refractivity contribution in [3.63, 3.8) is 0 Å². The zero-order chi connectivity index (χ0) is 13.3. The lowest BCUT2D eigenvalue weighted by atomic mass is 9.61. The minimum atomic E-state index is -0.159. The molecule has 1 aromatic carbocycles. The molecule has 0 aromatic heterocycles. The molecular weight excluding hydrogens is 232 g/mol. The largest absolute Gasteiger partial charge is 0.294 e. The molecule has 0 bridgehead atoms. The van der Waals surface area contributed by atoms with Crippen molar-refractivity contribution in [2.75, 3.05) is 0 Å². The molecule has 2 atom stereocenters. The van der Waals surface area contributed by atoms with Crippen LogP contribution in [-0.4, -0.2) is 5.78 Å². The Labute approximate surface area is 115 Å². The van der Waals surface area contributed by atoms with E-state index in [1.54, 1.807) is 0 Å². The average Bonchev–Trinajstić information content (AvgIpc) is 2.44. The normalized spacial score (nSPS) is 32.4. The molecular formula is C18H20O. The number of carbonyl (C=O) groups excluding carboxylic acids is 1. The van der Waals surface area contributed by atoms with E-state index in [9.17, 15) is 4.79 Å². The van der Waals surface area contributed by atoms with Crippen LogP contribution in [0, 0.1) is 11.3 Å². The highest BCUT2D eigenvalue weighted by Gasteiger charge is 2.44. The Morgan fingerprint density at radius 1 is 1.21 bits per heavy atom. The molecule has 2 aliphatic rings. The van der Waals surface area contributed by atoms with E-state index in [-0.39, 0.29) is 5.41 Å². The molecule has 0 radical (unpaired) electrons. The van der Waals surface area contributed by atoms with Crippen molar-refractivity contribution < 1.29 is 4.79 Å². The van der Waals surface area contributed by atoms with Crippen molar-refractivity contribution >= 4 is 11.9 Å². The van der Waals surface area contributed by atoms with Gasteiger partial charge in [-0.15, -0.1) is 0 Å². The second kappa shape index (κ2) is 4.80. The minimum Gasteiger partial charge on any atom is -0.294 e. The zero-order valence-corrected chi connectivity index (χ0v) is 11.4. The maximum absolute atomic E-state index is 12.8. The molecule has 1 heteroatoms. The Kier molecular flexibility index (Phi) is 3.14. The van der Waals surface area contributed by atoms with Crippen molar-refractivity contribution in [1.82, 2.24) is 0 Å². The molecule has 1 nitrogen and oxygen atoms in total. The van der Waals surface area contributed by atoms with Crippen LogP contribution in [-0.2, 0) is 4.79 Å². The predicted octanol–water partition coefficient (Wildman–Crippen LogP) is 4.41. The predicted molar refractivity (Wildman–Crippen MR) is 78.6 cm³/mol. The van der Waals surface area contributed by atoms with E-state index in [1.165, 1.54) is 12.8 Å². The number of fused-ring (bicyclic) bond motifs is 1. The summed E-state index contributed by atoms with van der Waals surface area (Å²) < 4.78 is 0. The first-order valence-electron chi connectivity index (χ1n) is 7.20. The first-order valence-corrected chi connectivity index (χ1v) is 7.20. The lowest BCUT2D eigenvalue weighted by molar-refractivity contribution is -0.127. The number of rotatable bonds is 1. The number of benzene rings is 1. The van der Waals surface area contributed by atoms with Crippen LogP contribution < -0.4 is 0 Å². The Bertz CT molecular complexity index is 538. The van der Waals surface area contributed by atoms with Gasteiger partial charge in [0.2, 0.25) is 0 Å². The first kappa shape index (κ1) is 12.4. The van der Waals surface area contributed by atoms with Crippen LogP contribution in [0.5, 0.6) is 0 Å². The van der Waals surface area contributed by atoms with Gasteiger partial charge in [-0.2, -0.15) is 0 Å². The van der Waals surface area contributed by atoms with E-state index in [1.807, 2.05) is 42.5 Å². The lowest BCUT2D eigenvalue weighted by Crippen LogP contribution is -2.40. The average molecular weight is 252 g/mol. The third-order valence-electron chi connectivity index (χ3n) is 4.69. The van der Waals surface area contributed by atoms with Crippen LogP contribution in [0.1, 0.15) is 38.2 Å². The summed E-state index contributed by atoms with van der Waals surface area (Å²) in [6.45, 7) is 2.15. The summed E-state index contributed by atoms with van der Waals surface area (Å²) in [4.78, 5) is 12.8. The third-order valence-corrected chi connectivity index (χ3v) is 4.69. The molecule has 1 aromatic rings. The molecule has 0 saturated heterocycles. The van der Waals surface area contributed by atoms with Crippen LogP contribution in [0.25, 0.3) is 6.08 Å². The molecule has 98 valence electrons. The summed E-state index contributed by atoms with van der Waals surface area (Å²) in [6.07, 6.45) is 11.0. The van der Waals surface area contributed by atoms with Gasteiger partial charge >= 0.3 is 0 Å². The summed E-state index contributed by atoms with van der Waals surface area (Å²) in [6, 6.07) is 10.1. The number of hydrogen-bond donors (Lipinski definition) is 0. The summed E-state index contributed by atoms with van der Waals surface area (Å²) in [5, 5.41) is 0. The Morgan fingerprint density at radius 2 is 2.00 bits per heavy atom. The van der Waals surface area contributed by atoms with Gasteiger partial charge in [0.15, 0.2) is 5.78 Å². The van der Waals surface area contributed by atoms with Gasteiger partial charge < -0.3 is 0 Å². The summed E-state index contributed by atoms with van der Waals surface area (Å²) in [5.41, 5.74) is 1.81. The van der Waals surface area contributed by atoms with E-state index < -0.39 is 0 Å². The molecule has 0 aliphatic heterocycles. The SMILES string of the molecule is CC12CCCCC1C=C/C(=C\c1ccccc1)C2=O. The monoisotopic (exact) mass is 252 g/mol. The molecule has 0 spiro atoms. The van der Waals surface area contributed by atoms with Crippen molar-refractivity contribution in [1.29, 1.82) is 0 Å². The van der Waals surface area contributed by atoms with Crippen molar-refractivity contribution in [3.05, 3.63) is 53.6 Å². The minimum absolute atomic E-state index is 0.159. The smallest absolute Gasteiger partial charge is 0.169 e. The quantitative estimate of drug-likeness (QED) is 0.677.